The molecule has 0 fully saturated rings. The van der Waals surface area contributed by atoms with Crippen molar-refractivity contribution in [2.45, 2.75) is 90.1 Å². The summed E-state index contributed by atoms with van der Waals surface area (Å²) >= 11 is 0. The Morgan fingerprint density at radius 1 is 0.864 bits per heavy atom. The number of hydrogen-bond acceptors (Lipinski definition) is 3. The van der Waals surface area contributed by atoms with E-state index >= 15 is 0 Å². The third kappa shape index (κ3) is 12.9. The maximum atomic E-state index is 11.3. The molecule has 0 amide bonds. The Balaban J connectivity index is 3.35. The van der Waals surface area contributed by atoms with Gasteiger partial charge in [-0.2, -0.15) is 0 Å². The van der Waals surface area contributed by atoms with Crippen molar-refractivity contribution in [3.05, 3.63) is 12.2 Å². The highest BCUT2D eigenvalue weighted by atomic mass is 16.6. The number of methoxy groups -OCH3 is 2. The van der Waals surface area contributed by atoms with E-state index in [1.807, 2.05) is 0 Å². The van der Waals surface area contributed by atoms with Gasteiger partial charge in [-0.15, -0.1) is 0 Å². The maximum absolute atomic E-state index is 11.3. The second-order valence-electron chi connectivity index (χ2n) is 5.91. The number of carbonyl (C=O) groups excluding carboxylic acids is 1. The molecule has 0 radical (unpaired) electrons. The topological polar surface area (TPSA) is 35.5 Å². The van der Waals surface area contributed by atoms with Crippen molar-refractivity contribution in [2.75, 3.05) is 14.2 Å². The Morgan fingerprint density at radius 3 is 1.95 bits per heavy atom. The van der Waals surface area contributed by atoms with Gasteiger partial charge in [-0.3, -0.25) is 0 Å². The summed E-state index contributed by atoms with van der Waals surface area (Å²) in [5.41, 5.74) is 0. The van der Waals surface area contributed by atoms with Crippen LogP contribution in [-0.2, 0) is 14.3 Å². The Labute approximate surface area is 137 Å². The minimum atomic E-state index is -0.411. The molecule has 0 heterocycles. The Hall–Kier alpha value is -0.830. The molecular weight excluding hydrogens is 276 g/mol. The summed E-state index contributed by atoms with van der Waals surface area (Å²) in [6, 6.07) is 0. The smallest absolute Gasteiger partial charge is 0.334 e. The van der Waals surface area contributed by atoms with E-state index in [0.29, 0.717) is 0 Å². The van der Waals surface area contributed by atoms with Gasteiger partial charge in [0.25, 0.3) is 0 Å². The zero-order valence-corrected chi connectivity index (χ0v) is 14.9. The fourth-order valence-electron chi connectivity index (χ4n) is 2.52. The molecule has 0 rings (SSSR count). The number of ether oxygens (including phenoxy) is 2. The average Bonchev–Trinajstić information content (AvgIpc) is 2.54. The lowest BCUT2D eigenvalue weighted by molar-refractivity contribution is -0.152. The Bertz CT molecular complexity index is 274. The molecule has 0 aromatic rings. The zero-order chi connectivity index (χ0) is 16.5. The molecule has 0 N–H and O–H groups in total. The summed E-state index contributed by atoms with van der Waals surface area (Å²) < 4.78 is 9.80. The van der Waals surface area contributed by atoms with E-state index in [1.165, 1.54) is 64.9 Å². The van der Waals surface area contributed by atoms with Crippen molar-refractivity contribution in [1.82, 2.24) is 0 Å². The van der Waals surface area contributed by atoms with Crippen LogP contribution in [0.4, 0.5) is 0 Å². The summed E-state index contributed by atoms with van der Waals surface area (Å²) in [6.07, 6.45) is 18.9. The first-order valence-electron chi connectivity index (χ1n) is 9.01. The van der Waals surface area contributed by atoms with E-state index in [1.54, 1.807) is 7.11 Å². The molecule has 22 heavy (non-hydrogen) atoms. The quantitative estimate of drug-likeness (QED) is 0.230. The van der Waals surface area contributed by atoms with E-state index < -0.39 is 6.10 Å². The fraction of sp³-hybridized carbons (Fsp3) is 0.842. The van der Waals surface area contributed by atoms with Crippen LogP contribution in [0.1, 0.15) is 84.0 Å². The minimum absolute atomic E-state index is 0.273. The van der Waals surface area contributed by atoms with E-state index in [4.69, 9.17) is 4.74 Å². The molecule has 0 aliphatic carbocycles. The van der Waals surface area contributed by atoms with Crippen molar-refractivity contribution in [3.8, 4) is 0 Å². The maximum Gasteiger partial charge on any atom is 0.334 e. The van der Waals surface area contributed by atoms with Crippen LogP contribution in [0, 0.1) is 0 Å². The normalized spacial score (nSPS) is 12.7. The van der Waals surface area contributed by atoms with Crippen molar-refractivity contribution in [1.29, 1.82) is 0 Å². The molecular formula is C19H36O3. The fourth-order valence-corrected chi connectivity index (χ4v) is 2.52. The summed E-state index contributed by atoms with van der Waals surface area (Å²) in [6.45, 7) is 2.26. The van der Waals surface area contributed by atoms with Crippen LogP contribution in [-0.4, -0.2) is 26.3 Å². The van der Waals surface area contributed by atoms with E-state index in [9.17, 15) is 4.79 Å². The van der Waals surface area contributed by atoms with Gasteiger partial charge in [0.1, 0.15) is 0 Å². The molecule has 0 saturated carbocycles. The molecule has 0 aliphatic heterocycles. The zero-order valence-electron chi connectivity index (χ0n) is 14.9. The molecule has 3 nitrogen and oxygen atoms in total. The first-order valence-corrected chi connectivity index (χ1v) is 9.01. The van der Waals surface area contributed by atoms with Gasteiger partial charge in [0.2, 0.25) is 0 Å². The van der Waals surface area contributed by atoms with Crippen LogP contribution >= 0.6 is 0 Å². The number of esters is 1. The second kappa shape index (κ2) is 16.5. The lowest BCUT2D eigenvalue weighted by Crippen LogP contribution is -2.24. The van der Waals surface area contributed by atoms with Crippen LogP contribution in [0.3, 0.4) is 0 Å². The summed E-state index contributed by atoms with van der Waals surface area (Å²) in [4.78, 5) is 11.3. The highest BCUT2D eigenvalue weighted by Crippen LogP contribution is 2.10. The monoisotopic (exact) mass is 312 g/mol. The van der Waals surface area contributed by atoms with Gasteiger partial charge in [0.05, 0.1) is 7.11 Å². The lowest BCUT2D eigenvalue weighted by Gasteiger charge is -2.11. The number of unbranched alkanes of at least 4 members (excludes halogenated alkanes) is 9. The number of allylic oxidation sites excluding steroid dienone is 2. The molecule has 3 heteroatoms. The summed E-state index contributed by atoms with van der Waals surface area (Å²) in [5.74, 6) is -0.273. The molecule has 0 saturated heterocycles. The van der Waals surface area contributed by atoms with Gasteiger partial charge in [-0.1, -0.05) is 64.0 Å². The highest BCUT2D eigenvalue weighted by molar-refractivity contribution is 5.74. The van der Waals surface area contributed by atoms with E-state index in [2.05, 4.69) is 23.8 Å². The largest absolute Gasteiger partial charge is 0.467 e. The van der Waals surface area contributed by atoms with E-state index in [0.717, 1.165) is 19.3 Å². The van der Waals surface area contributed by atoms with Crippen LogP contribution in [0.15, 0.2) is 12.2 Å². The van der Waals surface area contributed by atoms with Crippen LogP contribution in [0.25, 0.3) is 0 Å². The molecule has 1 unspecified atom stereocenters. The van der Waals surface area contributed by atoms with Gasteiger partial charge >= 0.3 is 5.97 Å². The van der Waals surface area contributed by atoms with Crippen molar-refractivity contribution in [2.24, 2.45) is 0 Å². The van der Waals surface area contributed by atoms with Crippen molar-refractivity contribution in [3.63, 3.8) is 0 Å². The molecule has 1 atom stereocenters. The number of rotatable bonds is 15. The number of hydrogen-bond donors (Lipinski definition) is 0. The van der Waals surface area contributed by atoms with Gasteiger partial charge in [-0.25, -0.2) is 4.79 Å². The van der Waals surface area contributed by atoms with Crippen LogP contribution in [0.2, 0.25) is 0 Å². The third-order valence-electron chi connectivity index (χ3n) is 3.98. The Morgan fingerprint density at radius 2 is 1.41 bits per heavy atom. The van der Waals surface area contributed by atoms with Crippen LogP contribution < -0.4 is 0 Å². The number of carbonyl (C=O) groups is 1. The molecule has 0 spiro atoms. The van der Waals surface area contributed by atoms with Gasteiger partial charge < -0.3 is 9.47 Å². The van der Waals surface area contributed by atoms with Gasteiger partial charge in [0.15, 0.2) is 6.10 Å². The summed E-state index contributed by atoms with van der Waals surface area (Å²) in [5, 5.41) is 0. The van der Waals surface area contributed by atoms with Crippen LogP contribution in [0.5, 0.6) is 0 Å². The molecule has 0 bridgehead atoms. The first kappa shape index (κ1) is 21.2. The first-order chi connectivity index (χ1) is 10.8. The Kier molecular flexibility index (Phi) is 15.9. The molecule has 130 valence electrons. The average molecular weight is 312 g/mol. The summed E-state index contributed by atoms with van der Waals surface area (Å²) in [7, 11) is 2.96. The van der Waals surface area contributed by atoms with Crippen molar-refractivity contribution < 1.29 is 14.3 Å². The lowest BCUT2D eigenvalue weighted by atomic mass is 10.1. The third-order valence-corrected chi connectivity index (χ3v) is 3.98. The highest BCUT2D eigenvalue weighted by Gasteiger charge is 2.16. The van der Waals surface area contributed by atoms with Gasteiger partial charge in [-0.05, 0) is 32.1 Å². The SMILES string of the molecule is CCCCCCCCCC/C=C\CCCC(OC)C(=O)OC. The van der Waals surface area contributed by atoms with Crippen molar-refractivity contribution >= 4 is 5.97 Å². The molecule has 0 aliphatic rings. The predicted octanol–water partition coefficient (Wildman–Crippen LogP) is 5.43. The molecule has 0 aromatic carbocycles. The standard InChI is InChI=1S/C19H36O3/c1-4-5-6-7-8-9-10-11-12-13-14-15-16-17-18(21-2)19(20)22-3/h13-14,18H,4-12,15-17H2,1-3H3/b14-13-. The second-order valence-corrected chi connectivity index (χ2v) is 5.91. The minimum Gasteiger partial charge on any atom is -0.467 e. The van der Waals surface area contributed by atoms with Gasteiger partial charge in [0, 0.05) is 7.11 Å². The predicted molar refractivity (Wildman–Crippen MR) is 93.0 cm³/mol. The molecule has 0 aromatic heterocycles. The van der Waals surface area contributed by atoms with E-state index in [-0.39, 0.29) is 5.97 Å².